The fourth-order valence-electron chi connectivity index (χ4n) is 2.05. The number of benzene rings is 2. The summed E-state index contributed by atoms with van der Waals surface area (Å²) in [6.07, 6.45) is 0.757. The molecule has 1 nitrogen and oxygen atoms in total. The summed E-state index contributed by atoms with van der Waals surface area (Å²) in [7, 11) is 1.93. The Morgan fingerprint density at radius 2 is 1.89 bits per heavy atom. The van der Waals surface area contributed by atoms with E-state index in [1.807, 2.05) is 13.1 Å². The molecule has 0 aromatic heterocycles. The summed E-state index contributed by atoms with van der Waals surface area (Å²) in [5.74, 6) is -0.207. The fourth-order valence-corrected chi connectivity index (χ4v) is 2.92. The number of hydrogen-bond donors (Lipinski definition) is 1. The van der Waals surface area contributed by atoms with Crippen LogP contribution < -0.4 is 5.32 Å². The van der Waals surface area contributed by atoms with Crippen LogP contribution in [0.25, 0.3) is 0 Å². The maximum atomic E-state index is 13.4. The molecule has 0 saturated heterocycles. The zero-order valence-electron chi connectivity index (χ0n) is 10.5. The Labute approximate surface area is 134 Å². The predicted octanol–water partition coefficient (Wildman–Crippen LogP) is 4.70. The van der Waals surface area contributed by atoms with Crippen LogP contribution in [0.3, 0.4) is 0 Å². The van der Waals surface area contributed by atoms with Gasteiger partial charge in [0.15, 0.2) is 0 Å². The van der Waals surface area contributed by atoms with Crippen LogP contribution in [0.15, 0.2) is 46.9 Å². The Morgan fingerprint density at radius 3 is 2.47 bits per heavy atom. The molecule has 19 heavy (non-hydrogen) atoms. The van der Waals surface area contributed by atoms with Crippen LogP contribution in [-0.2, 0) is 6.42 Å². The van der Waals surface area contributed by atoms with Gasteiger partial charge in [0.2, 0.25) is 0 Å². The maximum absolute atomic E-state index is 13.4. The van der Waals surface area contributed by atoms with Crippen LogP contribution in [0, 0.1) is 9.39 Å². The molecule has 4 heteroatoms. The third-order valence-electron chi connectivity index (χ3n) is 2.98. The molecule has 2 aromatic carbocycles. The minimum absolute atomic E-state index is 0.186. The van der Waals surface area contributed by atoms with Crippen LogP contribution in [0.4, 0.5) is 4.39 Å². The van der Waals surface area contributed by atoms with Gasteiger partial charge in [0.25, 0.3) is 0 Å². The van der Waals surface area contributed by atoms with Crippen LogP contribution in [-0.4, -0.2) is 7.05 Å². The van der Waals surface area contributed by atoms with E-state index in [0.717, 1.165) is 16.5 Å². The molecule has 0 spiro atoms. The topological polar surface area (TPSA) is 12.0 Å². The second-order valence-electron chi connectivity index (χ2n) is 4.37. The van der Waals surface area contributed by atoms with Gasteiger partial charge in [-0.2, -0.15) is 0 Å². The third kappa shape index (κ3) is 4.26. The van der Waals surface area contributed by atoms with E-state index in [1.165, 1.54) is 15.2 Å². The minimum atomic E-state index is -0.207. The molecule has 100 valence electrons. The molecule has 1 atom stereocenters. The van der Waals surface area contributed by atoms with Crippen molar-refractivity contribution in [1.82, 2.24) is 5.32 Å². The van der Waals surface area contributed by atoms with E-state index < -0.39 is 0 Å². The van der Waals surface area contributed by atoms with Gasteiger partial charge in [-0.15, -0.1) is 0 Å². The van der Waals surface area contributed by atoms with Gasteiger partial charge in [0.1, 0.15) is 5.82 Å². The normalized spacial score (nSPS) is 12.4. The maximum Gasteiger partial charge on any atom is 0.124 e. The molecular formula is C15H14BrFIN. The largest absolute Gasteiger partial charge is 0.313 e. The average Bonchev–Trinajstić information content (AvgIpc) is 2.36. The smallest absolute Gasteiger partial charge is 0.124 e. The highest BCUT2D eigenvalue weighted by Gasteiger charge is 2.11. The highest BCUT2D eigenvalue weighted by molar-refractivity contribution is 14.1. The number of halogens is 3. The van der Waals surface area contributed by atoms with Gasteiger partial charge in [0.05, 0.1) is 0 Å². The molecule has 0 heterocycles. The highest BCUT2D eigenvalue weighted by Crippen LogP contribution is 2.22. The zero-order chi connectivity index (χ0) is 13.8. The predicted molar refractivity (Wildman–Crippen MR) is 88.8 cm³/mol. The summed E-state index contributed by atoms with van der Waals surface area (Å²) < 4.78 is 15.4. The van der Waals surface area contributed by atoms with E-state index in [4.69, 9.17) is 0 Å². The van der Waals surface area contributed by atoms with Gasteiger partial charge < -0.3 is 5.32 Å². The van der Waals surface area contributed by atoms with E-state index in [1.54, 1.807) is 6.07 Å². The molecule has 0 bridgehead atoms. The lowest BCUT2D eigenvalue weighted by molar-refractivity contribution is 0.583. The highest BCUT2D eigenvalue weighted by atomic mass is 127. The lowest BCUT2D eigenvalue weighted by atomic mass is 9.99. The number of rotatable bonds is 4. The van der Waals surface area contributed by atoms with Crippen molar-refractivity contribution in [1.29, 1.82) is 0 Å². The first-order chi connectivity index (χ1) is 9.08. The van der Waals surface area contributed by atoms with Crippen molar-refractivity contribution in [3.8, 4) is 0 Å². The van der Waals surface area contributed by atoms with Gasteiger partial charge in [0, 0.05) is 14.1 Å². The first-order valence-corrected chi connectivity index (χ1v) is 7.83. The molecule has 2 rings (SSSR count). The Hall–Kier alpha value is -0.460. The Bertz CT molecular complexity index is 536. The van der Waals surface area contributed by atoms with Crippen molar-refractivity contribution < 1.29 is 4.39 Å². The van der Waals surface area contributed by atoms with Gasteiger partial charge in [-0.1, -0.05) is 28.1 Å². The minimum Gasteiger partial charge on any atom is -0.313 e. The Morgan fingerprint density at radius 1 is 1.21 bits per heavy atom. The second kappa shape index (κ2) is 6.81. The quantitative estimate of drug-likeness (QED) is 0.689. The van der Waals surface area contributed by atoms with Crippen LogP contribution >= 0.6 is 38.5 Å². The summed E-state index contributed by atoms with van der Waals surface area (Å²) >= 11 is 5.62. The number of nitrogens with one attached hydrogen (secondary N) is 1. The number of likely N-dealkylation sites (N-methyl/N-ethyl adjacent to an activating group) is 1. The van der Waals surface area contributed by atoms with Gasteiger partial charge in [-0.3, -0.25) is 0 Å². The van der Waals surface area contributed by atoms with E-state index >= 15 is 0 Å². The van der Waals surface area contributed by atoms with Crippen LogP contribution in [0.1, 0.15) is 17.2 Å². The van der Waals surface area contributed by atoms with E-state index in [2.05, 4.69) is 68.1 Å². The fraction of sp³-hybridized carbons (Fsp3) is 0.200. The summed E-state index contributed by atoms with van der Waals surface area (Å²) in [6.45, 7) is 0. The van der Waals surface area contributed by atoms with Crippen molar-refractivity contribution >= 4 is 38.5 Å². The monoisotopic (exact) mass is 433 g/mol. The van der Waals surface area contributed by atoms with Crippen molar-refractivity contribution in [2.24, 2.45) is 0 Å². The average molecular weight is 434 g/mol. The molecule has 0 amide bonds. The standard InChI is InChI=1S/C15H14BrFIN/c1-19-15(11-2-4-14(18)5-3-11)8-10-6-12(16)9-13(17)7-10/h2-7,9,15,19H,8H2,1H3. The van der Waals surface area contributed by atoms with E-state index in [9.17, 15) is 4.39 Å². The zero-order valence-corrected chi connectivity index (χ0v) is 14.2. The summed E-state index contributed by atoms with van der Waals surface area (Å²) in [6, 6.07) is 13.6. The number of hydrogen-bond acceptors (Lipinski definition) is 1. The molecule has 0 aliphatic heterocycles. The lowest BCUT2D eigenvalue weighted by Crippen LogP contribution is -2.18. The van der Waals surface area contributed by atoms with E-state index in [-0.39, 0.29) is 11.9 Å². The van der Waals surface area contributed by atoms with E-state index in [0.29, 0.717) is 0 Å². The summed E-state index contributed by atoms with van der Waals surface area (Å²) in [5.41, 5.74) is 2.19. The van der Waals surface area contributed by atoms with Gasteiger partial charge in [-0.25, -0.2) is 4.39 Å². The molecule has 1 unspecified atom stereocenters. The SMILES string of the molecule is CNC(Cc1cc(F)cc(Br)c1)c1ccc(I)cc1. The molecule has 0 fully saturated rings. The van der Waals surface area contributed by atoms with Gasteiger partial charge >= 0.3 is 0 Å². The van der Waals surface area contributed by atoms with Crippen LogP contribution in [0.5, 0.6) is 0 Å². The molecule has 0 aliphatic rings. The third-order valence-corrected chi connectivity index (χ3v) is 4.16. The molecule has 0 radical (unpaired) electrons. The lowest BCUT2D eigenvalue weighted by Gasteiger charge is -2.17. The van der Waals surface area contributed by atoms with Crippen molar-refractivity contribution in [2.75, 3.05) is 7.05 Å². The Kier molecular flexibility index (Phi) is 5.36. The van der Waals surface area contributed by atoms with Crippen molar-refractivity contribution in [2.45, 2.75) is 12.5 Å². The summed E-state index contributed by atoms with van der Waals surface area (Å²) in [4.78, 5) is 0. The second-order valence-corrected chi connectivity index (χ2v) is 6.54. The van der Waals surface area contributed by atoms with Crippen molar-refractivity contribution in [3.63, 3.8) is 0 Å². The molecule has 1 N–H and O–H groups in total. The molecular weight excluding hydrogens is 420 g/mol. The van der Waals surface area contributed by atoms with Crippen LogP contribution in [0.2, 0.25) is 0 Å². The first kappa shape index (κ1) is 14.9. The van der Waals surface area contributed by atoms with Crippen molar-refractivity contribution in [3.05, 3.63) is 67.5 Å². The molecule has 0 saturated carbocycles. The first-order valence-electron chi connectivity index (χ1n) is 5.96. The Balaban J connectivity index is 2.21. The summed E-state index contributed by atoms with van der Waals surface area (Å²) in [5, 5.41) is 3.29. The molecule has 0 aliphatic carbocycles. The van der Waals surface area contributed by atoms with Gasteiger partial charge in [-0.05, 0) is 77.5 Å². The molecule has 2 aromatic rings.